The number of hydrogen-bond donors (Lipinski definition) is 0. The molecule has 1 radical (unpaired) electrons. The van der Waals surface area contributed by atoms with Crippen LogP contribution in [0.1, 0.15) is 38.5 Å². The van der Waals surface area contributed by atoms with Gasteiger partial charge in [-0.3, -0.25) is 0 Å². The highest BCUT2D eigenvalue weighted by Crippen LogP contribution is 2.28. The highest BCUT2D eigenvalue weighted by molar-refractivity contribution is 5.28. The molecule has 2 aromatic rings. The maximum Gasteiger partial charge on any atom is 0.368 e. The van der Waals surface area contributed by atoms with Crippen LogP contribution >= 0.6 is 0 Å². The number of aryl methyl sites for hydroxylation is 1. The molecule has 20 heavy (non-hydrogen) atoms. The third kappa shape index (κ3) is 2.81. The van der Waals surface area contributed by atoms with Gasteiger partial charge in [-0.25, -0.2) is 4.79 Å². The number of nitrogens with zero attached hydrogens (tertiary/aromatic N) is 4. The molecule has 105 valence electrons. The minimum atomic E-state index is -0.164. The summed E-state index contributed by atoms with van der Waals surface area (Å²) in [6.45, 7) is 0.661. The van der Waals surface area contributed by atoms with Gasteiger partial charge in [-0.15, -0.1) is 0 Å². The lowest BCUT2D eigenvalue weighted by molar-refractivity contribution is 0.438. The van der Waals surface area contributed by atoms with E-state index in [1.54, 1.807) is 24.3 Å². The topological polar surface area (TPSA) is 52.7 Å². The van der Waals surface area contributed by atoms with Crippen LogP contribution in [-0.4, -0.2) is 19.8 Å². The van der Waals surface area contributed by atoms with E-state index in [1.807, 2.05) is 0 Å². The molecular formula is C15H19N4O. The van der Waals surface area contributed by atoms with Crippen molar-refractivity contribution >= 4 is 0 Å². The smallest absolute Gasteiger partial charge is 0.244 e. The third-order valence-electron chi connectivity index (χ3n) is 4.04. The van der Waals surface area contributed by atoms with Crippen LogP contribution in [0.5, 0.6) is 0 Å². The molecule has 0 unspecified atom stereocenters. The summed E-state index contributed by atoms with van der Waals surface area (Å²) in [6, 6.07) is 10.1. The van der Waals surface area contributed by atoms with E-state index in [0.29, 0.717) is 6.54 Å². The first-order valence-corrected chi connectivity index (χ1v) is 7.34. The standard InChI is InChI=1S/C15H19N4O/c20-15-18(12-6-9-13-7-4-5-8-13)16-17-19(15)14-10-2-1-3-11-14/h2-3,10-11,13H,4-9,12H2. The Bertz CT molecular complexity index is 596. The molecular weight excluding hydrogens is 252 g/mol. The van der Waals surface area contributed by atoms with Gasteiger partial charge < -0.3 is 0 Å². The molecule has 1 saturated carbocycles. The molecule has 1 aliphatic rings. The lowest BCUT2D eigenvalue weighted by atomic mass is 10.0. The summed E-state index contributed by atoms with van der Waals surface area (Å²) in [5.74, 6) is 0.852. The lowest BCUT2D eigenvalue weighted by Crippen LogP contribution is -2.24. The molecule has 0 bridgehead atoms. The van der Waals surface area contributed by atoms with Crippen LogP contribution in [0.15, 0.2) is 29.1 Å². The fourth-order valence-corrected chi connectivity index (χ4v) is 2.92. The fourth-order valence-electron chi connectivity index (χ4n) is 2.92. The molecule has 1 aliphatic carbocycles. The van der Waals surface area contributed by atoms with Crippen molar-refractivity contribution in [3.8, 4) is 5.69 Å². The monoisotopic (exact) mass is 271 g/mol. The van der Waals surface area contributed by atoms with Gasteiger partial charge in [-0.2, -0.15) is 9.36 Å². The van der Waals surface area contributed by atoms with Gasteiger partial charge in [0.1, 0.15) is 0 Å². The first-order chi connectivity index (χ1) is 9.84. The van der Waals surface area contributed by atoms with Crippen LogP contribution in [0.4, 0.5) is 0 Å². The van der Waals surface area contributed by atoms with Gasteiger partial charge in [0.25, 0.3) is 0 Å². The van der Waals surface area contributed by atoms with Crippen LogP contribution in [0, 0.1) is 12.0 Å². The number of tetrazole rings is 1. The summed E-state index contributed by atoms with van der Waals surface area (Å²) < 4.78 is 2.80. The molecule has 1 heterocycles. The Morgan fingerprint density at radius 2 is 1.95 bits per heavy atom. The Morgan fingerprint density at radius 3 is 2.70 bits per heavy atom. The number of hydrogen-bond acceptors (Lipinski definition) is 3. The number of aromatic nitrogens is 4. The van der Waals surface area contributed by atoms with Gasteiger partial charge >= 0.3 is 5.69 Å². The predicted molar refractivity (Wildman–Crippen MR) is 75.6 cm³/mol. The second-order valence-electron chi connectivity index (χ2n) is 5.45. The first kappa shape index (κ1) is 13.1. The molecule has 1 aromatic carbocycles. The molecule has 5 nitrogen and oxygen atoms in total. The summed E-state index contributed by atoms with van der Waals surface area (Å²) >= 11 is 0. The Morgan fingerprint density at radius 1 is 1.20 bits per heavy atom. The van der Waals surface area contributed by atoms with E-state index in [4.69, 9.17) is 0 Å². The van der Waals surface area contributed by atoms with E-state index in [2.05, 4.69) is 16.5 Å². The average Bonchev–Trinajstić information content (AvgIpc) is 3.11. The predicted octanol–water partition coefficient (Wildman–Crippen LogP) is 2.20. The van der Waals surface area contributed by atoms with Crippen LogP contribution < -0.4 is 5.69 Å². The Kier molecular flexibility index (Phi) is 3.95. The van der Waals surface area contributed by atoms with Gasteiger partial charge in [0.05, 0.1) is 5.69 Å². The van der Waals surface area contributed by atoms with E-state index < -0.39 is 0 Å². The zero-order valence-electron chi connectivity index (χ0n) is 11.5. The maximum atomic E-state index is 12.2. The van der Waals surface area contributed by atoms with Crippen molar-refractivity contribution < 1.29 is 0 Å². The third-order valence-corrected chi connectivity index (χ3v) is 4.04. The molecule has 0 atom stereocenters. The van der Waals surface area contributed by atoms with E-state index in [0.717, 1.165) is 18.0 Å². The summed E-state index contributed by atoms with van der Waals surface area (Å²) in [5, 5.41) is 7.90. The molecule has 0 amide bonds. The van der Waals surface area contributed by atoms with E-state index in [9.17, 15) is 4.79 Å². The fraction of sp³-hybridized carbons (Fsp3) is 0.533. The minimum Gasteiger partial charge on any atom is -0.244 e. The quantitative estimate of drug-likeness (QED) is 0.837. The SMILES string of the molecule is O=c1n(CCCC2CCCC2)nnn1-c1cc[c]cc1. The van der Waals surface area contributed by atoms with Gasteiger partial charge in [-0.05, 0) is 47.4 Å². The normalized spacial score (nSPS) is 15.8. The van der Waals surface area contributed by atoms with Crippen molar-refractivity contribution in [2.24, 2.45) is 5.92 Å². The first-order valence-electron chi connectivity index (χ1n) is 7.34. The van der Waals surface area contributed by atoms with E-state index in [1.165, 1.54) is 41.5 Å². The van der Waals surface area contributed by atoms with Crippen molar-refractivity contribution in [1.82, 2.24) is 19.8 Å². The highest BCUT2D eigenvalue weighted by Gasteiger charge is 2.15. The second kappa shape index (κ2) is 6.03. The van der Waals surface area contributed by atoms with E-state index in [-0.39, 0.29) is 5.69 Å². The second-order valence-corrected chi connectivity index (χ2v) is 5.45. The molecule has 5 heteroatoms. The molecule has 1 fully saturated rings. The summed E-state index contributed by atoms with van der Waals surface area (Å²) in [4.78, 5) is 12.2. The largest absolute Gasteiger partial charge is 0.368 e. The van der Waals surface area contributed by atoms with Crippen LogP contribution in [0.3, 0.4) is 0 Å². The van der Waals surface area contributed by atoms with Crippen LogP contribution in [0.25, 0.3) is 5.69 Å². The minimum absolute atomic E-state index is 0.164. The van der Waals surface area contributed by atoms with Crippen molar-refractivity contribution in [2.45, 2.75) is 45.1 Å². The van der Waals surface area contributed by atoms with E-state index >= 15 is 0 Å². The number of benzene rings is 1. The molecule has 0 saturated heterocycles. The summed E-state index contributed by atoms with van der Waals surface area (Å²) in [7, 11) is 0. The van der Waals surface area contributed by atoms with Gasteiger partial charge in [-0.1, -0.05) is 37.8 Å². The Labute approximate surface area is 118 Å². The molecule has 1 aromatic heterocycles. The molecule has 0 aliphatic heterocycles. The van der Waals surface area contributed by atoms with Crippen LogP contribution in [0.2, 0.25) is 0 Å². The van der Waals surface area contributed by atoms with Gasteiger partial charge in [0.15, 0.2) is 0 Å². The maximum absolute atomic E-state index is 12.2. The van der Waals surface area contributed by atoms with Crippen molar-refractivity contribution in [3.05, 3.63) is 40.8 Å². The number of rotatable bonds is 5. The molecule has 0 spiro atoms. The van der Waals surface area contributed by atoms with Crippen molar-refractivity contribution in [3.63, 3.8) is 0 Å². The van der Waals surface area contributed by atoms with Gasteiger partial charge in [0, 0.05) is 6.54 Å². The lowest BCUT2D eigenvalue weighted by Gasteiger charge is -2.07. The molecule has 0 N–H and O–H groups in total. The summed E-state index contributed by atoms with van der Waals surface area (Å²) in [6.07, 6.45) is 7.63. The van der Waals surface area contributed by atoms with Crippen molar-refractivity contribution in [1.29, 1.82) is 0 Å². The average molecular weight is 271 g/mol. The highest BCUT2D eigenvalue weighted by atomic mass is 16.2. The van der Waals surface area contributed by atoms with Crippen LogP contribution in [-0.2, 0) is 6.54 Å². The zero-order chi connectivity index (χ0) is 13.8. The van der Waals surface area contributed by atoms with Crippen molar-refractivity contribution in [2.75, 3.05) is 0 Å². The Hall–Kier alpha value is -1.91. The Balaban J connectivity index is 1.63. The zero-order valence-corrected chi connectivity index (χ0v) is 11.5. The summed E-state index contributed by atoms with van der Waals surface area (Å²) in [5.41, 5.74) is 0.568. The molecule has 3 rings (SSSR count). The van der Waals surface area contributed by atoms with Gasteiger partial charge in [0.2, 0.25) is 0 Å².